The summed E-state index contributed by atoms with van der Waals surface area (Å²) in [6.07, 6.45) is 3.18. The van der Waals surface area contributed by atoms with E-state index < -0.39 is 5.97 Å². The first kappa shape index (κ1) is 31.8. The number of carbonyl (C=O) groups is 1. The fourth-order valence-electron chi connectivity index (χ4n) is 7.35. The smallest absolute Gasteiger partial charge is 0.308 e. The number of hydrogen-bond acceptors (Lipinski definition) is 9. The fourth-order valence-corrected chi connectivity index (χ4v) is 7.35. The van der Waals surface area contributed by atoms with Gasteiger partial charge in [0.25, 0.3) is 0 Å². The van der Waals surface area contributed by atoms with E-state index in [0.717, 1.165) is 54.8 Å². The zero-order valence-corrected chi connectivity index (χ0v) is 28.4. The van der Waals surface area contributed by atoms with Crippen molar-refractivity contribution < 1.29 is 33.2 Å². The number of hydrogen-bond donors (Lipinski definition) is 0. The molecule has 0 spiro atoms. The van der Waals surface area contributed by atoms with E-state index in [4.69, 9.17) is 28.4 Å². The maximum Gasteiger partial charge on any atom is 0.308 e. The van der Waals surface area contributed by atoms with Crippen LogP contribution in [0.25, 0.3) is 0 Å². The number of esters is 1. The average molecular weight is 651 g/mol. The van der Waals surface area contributed by atoms with Gasteiger partial charge in [-0.15, -0.1) is 0 Å². The molecule has 0 saturated carbocycles. The molecule has 48 heavy (non-hydrogen) atoms. The quantitative estimate of drug-likeness (QED) is 0.170. The molecule has 0 aromatic heterocycles. The summed E-state index contributed by atoms with van der Waals surface area (Å²) in [5.74, 6) is 4.17. The Kier molecular flexibility index (Phi) is 8.66. The van der Waals surface area contributed by atoms with Crippen molar-refractivity contribution in [2.24, 2.45) is 0 Å². The number of benzene rings is 4. The number of rotatable bonds is 4. The molecule has 8 rings (SSSR count). The van der Waals surface area contributed by atoms with Gasteiger partial charge in [0.1, 0.15) is 5.75 Å². The Morgan fingerprint density at radius 3 is 2.06 bits per heavy atom. The molecule has 6 bridgehead atoms. The van der Waals surface area contributed by atoms with Crippen molar-refractivity contribution in [2.45, 2.75) is 44.7 Å². The monoisotopic (exact) mass is 650 g/mol. The van der Waals surface area contributed by atoms with Gasteiger partial charge >= 0.3 is 5.97 Å². The van der Waals surface area contributed by atoms with Gasteiger partial charge < -0.3 is 28.4 Å². The highest BCUT2D eigenvalue weighted by Crippen LogP contribution is 2.50. The highest BCUT2D eigenvalue weighted by Gasteiger charge is 2.34. The van der Waals surface area contributed by atoms with Crippen molar-refractivity contribution in [1.82, 2.24) is 9.80 Å². The molecule has 4 aromatic rings. The maximum atomic E-state index is 12.2. The Labute approximate surface area is 281 Å². The summed E-state index contributed by atoms with van der Waals surface area (Å²) in [5, 5.41) is 0. The second-order valence-corrected chi connectivity index (χ2v) is 12.8. The molecule has 9 heteroatoms. The largest absolute Gasteiger partial charge is 0.493 e. The Hall–Kier alpha value is -4.73. The molecule has 4 aliphatic heterocycles. The van der Waals surface area contributed by atoms with Gasteiger partial charge in [-0.05, 0) is 110 Å². The first-order valence-corrected chi connectivity index (χ1v) is 16.4. The third kappa shape index (κ3) is 5.93. The summed E-state index contributed by atoms with van der Waals surface area (Å²) in [6, 6.07) is 20.4. The minimum absolute atomic E-state index is 0.0521. The molecule has 0 fully saturated rings. The highest BCUT2D eigenvalue weighted by molar-refractivity contribution is 5.71. The van der Waals surface area contributed by atoms with Crippen LogP contribution < -0.4 is 28.4 Å². The van der Waals surface area contributed by atoms with E-state index in [9.17, 15) is 4.79 Å². The van der Waals surface area contributed by atoms with Crippen LogP contribution in [0.5, 0.6) is 46.0 Å². The molecule has 2 unspecified atom stereocenters. The van der Waals surface area contributed by atoms with E-state index in [1.54, 1.807) is 21.3 Å². The summed E-state index contributed by atoms with van der Waals surface area (Å²) in [7, 11) is 9.25. The molecule has 2 atom stereocenters. The van der Waals surface area contributed by atoms with Gasteiger partial charge in [-0.25, -0.2) is 0 Å². The number of likely N-dealkylation sites (N-methyl/N-ethyl adjacent to an activating group) is 2. The van der Waals surface area contributed by atoms with Crippen molar-refractivity contribution in [3.8, 4) is 46.0 Å². The normalized spacial score (nSPS) is 18.8. The van der Waals surface area contributed by atoms with Crippen molar-refractivity contribution in [1.29, 1.82) is 0 Å². The van der Waals surface area contributed by atoms with Gasteiger partial charge in [0, 0.05) is 37.7 Å². The van der Waals surface area contributed by atoms with Crippen molar-refractivity contribution in [2.75, 3.05) is 48.5 Å². The third-order valence-corrected chi connectivity index (χ3v) is 9.88. The topological polar surface area (TPSA) is 78.9 Å². The predicted molar refractivity (Wildman–Crippen MR) is 182 cm³/mol. The maximum absolute atomic E-state index is 12.2. The van der Waals surface area contributed by atoms with E-state index >= 15 is 0 Å². The standard InChI is InChI=1S/C39H42N2O7/c1-23(42)46-32-12-9-25-18-31-37-27(14-16-41(31)3)21-36(44-5)38(45-6)39(37)47-28-10-7-24(8-11-28)17-30-29-22-35(48-34(32)19-25)33(43-4)20-26(29)13-15-40(30)2/h7-12,19-22,30-31H,13-18H2,1-6H3. The van der Waals surface area contributed by atoms with Crippen LogP contribution in [0.1, 0.15) is 52.4 Å². The molecular weight excluding hydrogens is 608 g/mol. The molecule has 0 N–H and O–H groups in total. The van der Waals surface area contributed by atoms with Gasteiger partial charge in [-0.1, -0.05) is 18.2 Å². The molecule has 4 aliphatic rings. The Balaban J connectivity index is 1.44. The van der Waals surface area contributed by atoms with E-state index in [-0.39, 0.29) is 12.1 Å². The number of methoxy groups -OCH3 is 3. The van der Waals surface area contributed by atoms with Gasteiger partial charge in [-0.3, -0.25) is 14.6 Å². The second kappa shape index (κ2) is 13.1. The Morgan fingerprint density at radius 1 is 0.708 bits per heavy atom. The number of ether oxygens (including phenoxy) is 6. The molecule has 250 valence electrons. The summed E-state index contributed by atoms with van der Waals surface area (Å²) >= 11 is 0. The van der Waals surface area contributed by atoms with Crippen molar-refractivity contribution in [3.05, 3.63) is 94.0 Å². The summed E-state index contributed by atoms with van der Waals surface area (Å²) in [5.41, 5.74) is 6.83. The molecule has 0 saturated heterocycles. The lowest BCUT2D eigenvalue weighted by Crippen LogP contribution is -2.34. The van der Waals surface area contributed by atoms with Crippen LogP contribution in [0, 0.1) is 0 Å². The van der Waals surface area contributed by atoms with E-state index in [2.05, 4.69) is 54.2 Å². The zero-order chi connectivity index (χ0) is 33.5. The minimum Gasteiger partial charge on any atom is -0.493 e. The van der Waals surface area contributed by atoms with Crippen LogP contribution in [0.2, 0.25) is 0 Å². The summed E-state index contributed by atoms with van der Waals surface area (Å²) in [6.45, 7) is 3.18. The zero-order valence-electron chi connectivity index (χ0n) is 28.4. The lowest BCUT2D eigenvalue weighted by molar-refractivity contribution is -0.132. The van der Waals surface area contributed by atoms with Crippen LogP contribution in [0.15, 0.2) is 60.7 Å². The van der Waals surface area contributed by atoms with Crippen molar-refractivity contribution in [3.63, 3.8) is 0 Å². The van der Waals surface area contributed by atoms with Gasteiger partial charge in [0.15, 0.2) is 34.5 Å². The number of carbonyl (C=O) groups excluding carboxylic acids is 1. The third-order valence-electron chi connectivity index (χ3n) is 9.88. The lowest BCUT2D eigenvalue weighted by atomic mass is 9.87. The van der Waals surface area contributed by atoms with Crippen LogP contribution in [-0.2, 0) is 30.5 Å². The summed E-state index contributed by atoms with van der Waals surface area (Å²) in [4.78, 5) is 16.9. The van der Waals surface area contributed by atoms with E-state index in [1.165, 1.54) is 23.6 Å². The molecule has 9 nitrogen and oxygen atoms in total. The Bertz CT molecular complexity index is 1850. The van der Waals surface area contributed by atoms with Crippen molar-refractivity contribution >= 4 is 5.97 Å². The van der Waals surface area contributed by atoms with Gasteiger partial charge in [0.05, 0.1) is 21.3 Å². The minimum atomic E-state index is -0.421. The molecule has 0 aliphatic carbocycles. The second-order valence-electron chi connectivity index (χ2n) is 12.8. The fraction of sp³-hybridized carbons (Fsp3) is 0.359. The first-order chi connectivity index (χ1) is 23.3. The van der Waals surface area contributed by atoms with Crippen LogP contribution >= 0.6 is 0 Å². The predicted octanol–water partition coefficient (Wildman–Crippen LogP) is 7.08. The molecule has 0 amide bonds. The number of fused-ring (bicyclic) bond motifs is 2. The highest BCUT2D eigenvalue weighted by atomic mass is 16.6. The lowest BCUT2D eigenvalue weighted by Gasteiger charge is -2.37. The van der Waals surface area contributed by atoms with Gasteiger partial charge in [0.2, 0.25) is 5.75 Å². The average Bonchev–Trinajstić information content (AvgIpc) is 3.08. The van der Waals surface area contributed by atoms with Crippen LogP contribution in [0.3, 0.4) is 0 Å². The first-order valence-electron chi connectivity index (χ1n) is 16.4. The Morgan fingerprint density at radius 2 is 1.35 bits per heavy atom. The molecule has 4 heterocycles. The summed E-state index contributed by atoms with van der Waals surface area (Å²) < 4.78 is 36.7. The van der Waals surface area contributed by atoms with Crippen LogP contribution in [0.4, 0.5) is 0 Å². The van der Waals surface area contributed by atoms with E-state index in [0.29, 0.717) is 46.7 Å². The van der Waals surface area contributed by atoms with Gasteiger partial charge in [-0.2, -0.15) is 0 Å². The van der Waals surface area contributed by atoms with Crippen LogP contribution in [-0.4, -0.2) is 64.3 Å². The molecular formula is C39H42N2O7. The molecule has 0 radical (unpaired) electrons. The van der Waals surface area contributed by atoms with E-state index in [1.807, 2.05) is 30.3 Å². The molecule has 4 aromatic carbocycles. The number of nitrogens with zero attached hydrogens (tertiary/aromatic N) is 2. The SMILES string of the molecule is COc1cc2c3cc1Oc1cc(ccc1OC(C)=O)CC1c4c(cc(OC)c(OC)c4Oc4ccc(cc4)CC3N(C)CC2)CCN1C.